The molecule has 198 valence electrons. The van der Waals surface area contributed by atoms with Crippen LogP contribution in [0.25, 0.3) is 28.3 Å². The first kappa shape index (κ1) is 24.2. The molecule has 41 heavy (non-hydrogen) atoms. The Labute approximate surface area is 241 Å². The number of allylic oxidation sites excluding steroid dienone is 4. The van der Waals surface area contributed by atoms with Gasteiger partial charge in [0.2, 0.25) is 0 Å². The highest BCUT2D eigenvalue weighted by molar-refractivity contribution is 5.88. The summed E-state index contributed by atoms with van der Waals surface area (Å²) in [7, 11) is 0. The fraction of sp³-hybridized carbons (Fsp3) is 0.184. The Kier molecular flexibility index (Phi) is 5.12. The Bertz CT molecular complexity index is 1830. The van der Waals surface area contributed by atoms with Crippen molar-refractivity contribution in [2.45, 2.75) is 37.5 Å². The van der Waals surface area contributed by atoms with E-state index in [0.717, 1.165) is 17.0 Å². The normalized spacial score (nSPS) is 23.1. The molecule has 3 aliphatic carbocycles. The van der Waals surface area contributed by atoms with Crippen LogP contribution in [0.5, 0.6) is 0 Å². The van der Waals surface area contributed by atoms with Crippen LogP contribution in [0.4, 0.5) is 0 Å². The van der Waals surface area contributed by atoms with Gasteiger partial charge in [-0.1, -0.05) is 142 Å². The predicted molar refractivity (Wildman–Crippen MR) is 165 cm³/mol. The van der Waals surface area contributed by atoms with Crippen LogP contribution >= 0.6 is 0 Å². The molecule has 0 amide bonds. The highest BCUT2D eigenvalue weighted by Gasteiger charge is 2.58. The van der Waals surface area contributed by atoms with Crippen molar-refractivity contribution in [1.29, 1.82) is 0 Å². The molecular formula is C38H31N3. The van der Waals surface area contributed by atoms with Gasteiger partial charge < -0.3 is 0 Å². The van der Waals surface area contributed by atoms with Crippen LogP contribution in [0.3, 0.4) is 0 Å². The predicted octanol–water partition coefficient (Wildman–Crippen LogP) is 8.54. The van der Waals surface area contributed by atoms with E-state index in [0.29, 0.717) is 11.6 Å². The lowest BCUT2D eigenvalue weighted by atomic mass is 9.60. The molecule has 3 unspecified atom stereocenters. The highest BCUT2D eigenvalue weighted by atomic mass is 15.0. The van der Waals surface area contributed by atoms with E-state index in [2.05, 4.69) is 106 Å². The van der Waals surface area contributed by atoms with Gasteiger partial charge in [0.15, 0.2) is 11.6 Å². The van der Waals surface area contributed by atoms with Crippen molar-refractivity contribution in [2.24, 2.45) is 5.92 Å². The molecule has 0 aliphatic heterocycles. The summed E-state index contributed by atoms with van der Waals surface area (Å²) in [6, 6.07) is 38.4. The van der Waals surface area contributed by atoms with Crippen LogP contribution in [0.2, 0.25) is 0 Å². The number of hydrogen-bond donors (Lipinski definition) is 0. The van der Waals surface area contributed by atoms with Gasteiger partial charge in [0, 0.05) is 22.5 Å². The second-order valence-electron chi connectivity index (χ2n) is 12.3. The first-order valence-corrected chi connectivity index (χ1v) is 14.5. The molecule has 0 fully saturated rings. The van der Waals surface area contributed by atoms with Crippen LogP contribution in [0.15, 0.2) is 127 Å². The van der Waals surface area contributed by atoms with E-state index in [1.165, 1.54) is 33.4 Å². The van der Waals surface area contributed by atoms with E-state index in [-0.39, 0.29) is 22.7 Å². The van der Waals surface area contributed by atoms with Crippen molar-refractivity contribution in [2.75, 3.05) is 0 Å². The third-order valence-corrected chi connectivity index (χ3v) is 9.59. The van der Waals surface area contributed by atoms with Crippen LogP contribution in [0, 0.1) is 5.92 Å². The summed E-state index contributed by atoms with van der Waals surface area (Å²) in [5.74, 6) is 2.45. The Morgan fingerprint density at radius 2 is 1.15 bits per heavy atom. The fourth-order valence-electron chi connectivity index (χ4n) is 7.94. The summed E-state index contributed by atoms with van der Waals surface area (Å²) in [5, 5.41) is 0. The summed E-state index contributed by atoms with van der Waals surface area (Å²) in [6.45, 7) is 7.26. The first-order chi connectivity index (χ1) is 20.0. The second-order valence-corrected chi connectivity index (χ2v) is 12.3. The number of hydrogen-bond acceptors (Lipinski definition) is 3. The van der Waals surface area contributed by atoms with Crippen LogP contribution in [0.1, 0.15) is 54.8 Å². The number of nitrogens with zero attached hydrogens (tertiary/aromatic N) is 3. The molecule has 3 heteroatoms. The standard InChI is InChI=1S/C38H31N3/c1-37(2)29-20-12-13-21-30(29)38(3)23-22-28-26-18-10-11-19-27(26)32(31(28)33(37)38)36-40-34(24-14-6-4-7-15-24)39-35(41-36)25-16-8-5-9-17-25/h4-23,32-33H,1-3H3. The maximum atomic E-state index is 5.25. The van der Waals surface area contributed by atoms with Gasteiger partial charge in [-0.2, -0.15) is 0 Å². The molecule has 0 saturated heterocycles. The number of fused-ring (bicyclic) bond motifs is 6. The van der Waals surface area contributed by atoms with Crippen molar-refractivity contribution in [3.05, 3.63) is 155 Å². The molecule has 4 aromatic carbocycles. The molecule has 0 bridgehead atoms. The smallest absolute Gasteiger partial charge is 0.163 e. The minimum absolute atomic E-state index is 0.0583. The van der Waals surface area contributed by atoms with E-state index in [9.17, 15) is 0 Å². The largest absolute Gasteiger partial charge is 0.212 e. The molecule has 3 nitrogen and oxygen atoms in total. The van der Waals surface area contributed by atoms with Crippen LogP contribution in [-0.2, 0) is 10.8 Å². The minimum Gasteiger partial charge on any atom is -0.212 e. The Morgan fingerprint density at radius 3 is 1.80 bits per heavy atom. The monoisotopic (exact) mass is 529 g/mol. The summed E-state index contributed by atoms with van der Waals surface area (Å²) in [4.78, 5) is 15.5. The van der Waals surface area contributed by atoms with Gasteiger partial charge in [-0.05, 0) is 38.8 Å². The lowest BCUT2D eigenvalue weighted by Gasteiger charge is -2.42. The summed E-state index contributed by atoms with van der Waals surface area (Å²) in [6.07, 6.45) is 4.84. The molecule has 5 aromatic rings. The number of aromatic nitrogens is 3. The zero-order chi connectivity index (χ0) is 27.8. The third-order valence-electron chi connectivity index (χ3n) is 9.59. The summed E-state index contributed by atoms with van der Waals surface area (Å²) < 4.78 is 0. The first-order valence-electron chi connectivity index (χ1n) is 14.5. The van der Waals surface area contributed by atoms with Crippen LogP contribution < -0.4 is 0 Å². The van der Waals surface area contributed by atoms with E-state index >= 15 is 0 Å². The summed E-state index contributed by atoms with van der Waals surface area (Å²) in [5.41, 5.74) is 10.0. The zero-order valence-corrected chi connectivity index (χ0v) is 23.5. The van der Waals surface area contributed by atoms with E-state index < -0.39 is 0 Å². The third kappa shape index (κ3) is 3.42. The highest BCUT2D eigenvalue weighted by Crippen LogP contribution is 2.65. The maximum absolute atomic E-state index is 5.25. The second kappa shape index (κ2) is 8.68. The summed E-state index contributed by atoms with van der Waals surface area (Å²) >= 11 is 0. The average Bonchev–Trinajstić information content (AvgIpc) is 3.44. The lowest BCUT2D eigenvalue weighted by Crippen LogP contribution is -2.39. The van der Waals surface area contributed by atoms with Crippen LogP contribution in [-0.4, -0.2) is 15.0 Å². The van der Waals surface area contributed by atoms with E-state index in [1.807, 2.05) is 36.4 Å². The molecule has 0 saturated carbocycles. The molecule has 0 radical (unpaired) electrons. The lowest BCUT2D eigenvalue weighted by molar-refractivity contribution is 0.299. The molecular weight excluding hydrogens is 498 g/mol. The van der Waals surface area contributed by atoms with Crippen molar-refractivity contribution >= 4 is 5.57 Å². The molecule has 0 spiro atoms. The van der Waals surface area contributed by atoms with E-state index in [4.69, 9.17) is 15.0 Å². The number of rotatable bonds is 3. The topological polar surface area (TPSA) is 38.7 Å². The van der Waals surface area contributed by atoms with Gasteiger partial charge in [0.25, 0.3) is 0 Å². The van der Waals surface area contributed by atoms with Gasteiger partial charge >= 0.3 is 0 Å². The van der Waals surface area contributed by atoms with Crippen molar-refractivity contribution in [3.8, 4) is 22.8 Å². The molecule has 0 N–H and O–H groups in total. The fourth-order valence-corrected chi connectivity index (χ4v) is 7.94. The quantitative estimate of drug-likeness (QED) is 0.235. The number of benzene rings is 4. The molecule has 8 rings (SSSR count). The van der Waals surface area contributed by atoms with Gasteiger partial charge in [-0.15, -0.1) is 0 Å². The zero-order valence-electron chi connectivity index (χ0n) is 23.5. The maximum Gasteiger partial charge on any atom is 0.163 e. The van der Waals surface area contributed by atoms with Crippen molar-refractivity contribution in [1.82, 2.24) is 15.0 Å². The molecule has 3 atom stereocenters. The molecule has 1 heterocycles. The van der Waals surface area contributed by atoms with Gasteiger partial charge in [-0.25, -0.2) is 15.0 Å². The molecule has 3 aliphatic rings. The molecule has 1 aromatic heterocycles. The van der Waals surface area contributed by atoms with Gasteiger partial charge in [0.05, 0.1) is 5.92 Å². The Balaban J connectivity index is 1.39. The van der Waals surface area contributed by atoms with E-state index in [1.54, 1.807) is 0 Å². The average molecular weight is 530 g/mol. The minimum atomic E-state index is -0.114. The van der Waals surface area contributed by atoms with Gasteiger partial charge in [-0.3, -0.25) is 0 Å². The van der Waals surface area contributed by atoms with Crippen molar-refractivity contribution in [3.63, 3.8) is 0 Å². The SMILES string of the molecule is CC1(C)c2ccccc2C2(C)C=CC3=C(C(c4nc(-c5ccccc5)nc(-c5ccccc5)n4)c4ccccc43)C12. The van der Waals surface area contributed by atoms with Gasteiger partial charge in [0.1, 0.15) is 5.82 Å². The Morgan fingerprint density at radius 1 is 0.585 bits per heavy atom. The Hall–Kier alpha value is -4.63. The van der Waals surface area contributed by atoms with Crippen molar-refractivity contribution < 1.29 is 0 Å².